The molecule has 0 saturated heterocycles. The summed E-state index contributed by atoms with van der Waals surface area (Å²) in [6, 6.07) is 0. The summed E-state index contributed by atoms with van der Waals surface area (Å²) >= 11 is 0. The first-order valence-electron chi connectivity index (χ1n) is 5.98. The lowest BCUT2D eigenvalue weighted by Crippen LogP contribution is -2.40. The lowest BCUT2D eigenvalue weighted by molar-refractivity contribution is 0.211. The average Bonchev–Trinajstić information content (AvgIpc) is 2.20. The summed E-state index contributed by atoms with van der Waals surface area (Å²) in [5, 5.41) is 1.48. The van der Waals surface area contributed by atoms with Gasteiger partial charge in [-0.25, -0.2) is 0 Å². The van der Waals surface area contributed by atoms with Gasteiger partial charge < -0.3 is 9.08 Å². The zero-order valence-corrected chi connectivity index (χ0v) is 11.7. The summed E-state index contributed by atoms with van der Waals surface area (Å²) in [4.78, 5) is 0. The summed E-state index contributed by atoms with van der Waals surface area (Å²) in [5.41, 5.74) is 1.48. The van der Waals surface area contributed by atoms with Crippen LogP contribution in [-0.2, 0) is 9.08 Å². The molecule has 1 rings (SSSR count). The average molecular weight is 226 g/mol. The fourth-order valence-corrected chi connectivity index (χ4v) is 4.10. The highest BCUT2D eigenvalue weighted by molar-refractivity contribution is 6.80. The van der Waals surface area contributed by atoms with Crippen LogP contribution in [0.4, 0.5) is 0 Å². The molecule has 1 aliphatic rings. The number of allylic oxidation sites excluding steroid dienone is 2. The van der Waals surface area contributed by atoms with Gasteiger partial charge in [-0.05, 0) is 32.8 Å². The van der Waals surface area contributed by atoms with Gasteiger partial charge >= 0.3 is 6.92 Å². The van der Waals surface area contributed by atoms with Gasteiger partial charge in [0.05, 0.1) is 13.2 Å². The van der Waals surface area contributed by atoms with Gasteiger partial charge in [-0.2, -0.15) is 0 Å². The molecule has 86 valence electrons. The Morgan fingerprint density at radius 3 is 2.47 bits per heavy atom. The monoisotopic (exact) mass is 226 g/mol. The summed E-state index contributed by atoms with van der Waals surface area (Å²) in [6.45, 7) is 13.1. The summed E-state index contributed by atoms with van der Waals surface area (Å²) < 4.78 is 11.8. The lowest BCUT2D eigenvalue weighted by Gasteiger charge is -2.31. The first-order chi connectivity index (χ1) is 7.03. The Balaban J connectivity index is 3.05. The van der Waals surface area contributed by atoms with Gasteiger partial charge in [0.25, 0.3) is 0 Å². The van der Waals surface area contributed by atoms with Gasteiger partial charge in [0.1, 0.15) is 0 Å². The molecular formula is C11H23BO2Si. The van der Waals surface area contributed by atoms with Gasteiger partial charge in [-0.15, -0.1) is 0 Å². The smallest absolute Gasteiger partial charge is 0.322 e. The lowest BCUT2D eigenvalue weighted by atomic mass is 9.57. The third kappa shape index (κ3) is 2.95. The minimum absolute atomic E-state index is 0.325. The van der Waals surface area contributed by atoms with Crippen LogP contribution in [0.1, 0.15) is 27.2 Å². The van der Waals surface area contributed by atoms with Crippen LogP contribution in [-0.4, -0.2) is 28.4 Å². The maximum atomic E-state index is 5.96. The van der Waals surface area contributed by atoms with Crippen molar-refractivity contribution < 1.29 is 9.08 Å². The fourth-order valence-electron chi connectivity index (χ4n) is 2.18. The maximum absolute atomic E-state index is 5.96. The molecule has 0 aliphatic carbocycles. The van der Waals surface area contributed by atoms with E-state index < -0.39 is 8.32 Å². The van der Waals surface area contributed by atoms with E-state index in [4.69, 9.17) is 9.08 Å². The topological polar surface area (TPSA) is 18.5 Å². The second-order valence-electron chi connectivity index (χ2n) is 4.63. The van der Waals surface area contributed by atoms with Crippen molar-refractivity contribution in [2.45, 2.75) is 46.6 Å². The van der Waals surface area contributed by atoms with Crippen LogP contribution >= 0.6 is 0 Å². The molecular weight excluding hydrogens is 203 g/mol. The molecule has 0 N–H and O–H groups in total. The molecule has 0 amide bonds. The molecule has 2 nitrogen and oxygen atoms in total. The van der Waals surface area contributed by atoms with Gasteiger partial charge in [-0.3, -0.25) is 0 Å². The van der Waals surface area contributed by atoms with Crippen molar-refractivity contribution in [1.29, 1.82) is 0 Å². The normalized spacial score (nSPS) is 27.4. The Hall–Kier alpha value is -0.0582. The van der Waals surface area contributed by atoms with Gasteiger partial charge in [0.15, 0.2) is 0 Å². The highest BCUT2D eigenvalue weighted by Crippen LogP contribution is 2.26. The van der Waals surface area contributed by atoms with Crippen LogP contribution in [0, 0.1) is 0 Å². The Morgan fingerprint density at radius 1 is 1.27 bits per heavy atom. The SMILES string of the molecule is CCB1OCCO[Si](C)(C)/C(C)=C\1CC. The minimum atomic E-state index is -1.62. The van der Waals surface area contributed by atoms with Crippen molar-refractivity contribution in [2.24, 2.45) is 0 Å². The summed E-state index contributed by atoms with van der Waals surface area (Å²) in [7, 11) is -1.62. The van der Waals surface area contributed by atoms with Crippen LogP contribution in [0.3, 0.4) is 0 Å². The maximum Gasteiger partial charge on any atom is 0.322 e. The summed E-state index contributed by atoms with van der Waals surface area (Å²) in [6.07, 6.45) is 2.16. The molecule has 0 bridgehead atoms. The van der Waals surface area contributed by atoms with Crippen molar-refractivity contribution in [3.63, 3.8) is 0 Å². The predicted molar refractivity (Wildman–Crippen MR) is 68.6 cm³/mol. The molecule has 0 spiro atoms. The molecule has 15 heavy (non-hydrogen) atoms. The van der Waals surface area contributed by atoms with E-state index in [9.17, 15) is 0 Å². The minimum Gasteiger partial charge on any atom is -0.429 e. The van der Waals surface area contributed by atoms with E-state index in [0.717, 1.165) is 26.0 Å². The standard InChI is InChI=1S/C11H23BO2Si/c1-6-11-10(3)15(4,5)14-9-8-13-12(11)7-2/h6-9H2,1-5H3/b11-10-. The zero-order valence-electron chi connectivity index (χ0n) is 10.7. The molecule has 0 aromatic rings. The van der Waals surface area contributed by atoms with E-state index in [1.54, 1.807) is 0 Å². The molecule has 0 radical (unpaired) electrons. The van der Waals surface area contributed by atoms with E-state index >= 15 is 0 Å². The molecule has 0 fully saturated rings. The number of rotatable bonds is 2. The quantitative estimate of drug-likeness (QED) is 0.674. The van der Waals surface area contributed by atoms with Crippen LogP contribution in [0.5, 0.6) is 0 Å². The van der Waals surface area contributed by atoms with Crippen molar-refractivity contribution in [3.05, 3.63) is 10.7 Å². The van der Waals surface area contributed by atoms with E-state index in [1.165, 1.54) is 10.7 Å². The molecule has 0 aromatic heterocycles. The van der Waals surface area contributed by atoms with Gasteiger partial charge in [-0.1, -0.05) is 24.5 Å². The van der Waals surface area contributed by atoms with E-state index in [2.05, 4.69) is 33.9 Å². The van der Waals surface area contributed by atoms with E-state index in [-0.39, 0.29) is 0 Å². The molecule has 0 aromatic carbocycles. The third-order valence-electron chi connectivity index (χ3n) is 3.39. The molecule has 0 atom stereocenters. The van der Waals surface area contributed by atoms with Crippen LogP contribution in [0.2, 0.25) is 19.4 Å². The highest BCUT2D eigenvalue weighted by Gasteiger charge is 2.32. The number of hydrogen-bond donors (Lipinski definition) is 0. The molecule has 0 saturated carbocycles. The zero-order chi connectivity index (χ0) is 11.5. The fraction of sp³-hybridized carbons (Fsp3) is 0.818. The summed E-state index contributed by atoms with van der Waals surface area (Å²) in [5.74, 6) is 0. The highest BCUT2D eigenvalue weighted by atomic mass is 28.4. The molecule has 4 heteroatoms. The van der Waals surface area contributed by atoms with E-state index in [1.807, 2.05) is 0 Å². The first kappa shape index (κ1) is 13.0. The van der Waals surface area contributed by atoms with Crippen molar-refractivity contribution in [3.8, 4) is 0 Å². The second kappa shape index (κ2) is 5.32. The Bertz CT molecular complexity index is 251. The van der Waals surface area contributed by atoms with Crippen molar-refractivity contribution in [2.75, 3.05) is 13.2 Å². The Kier molecular flexibility index (Phi) is 4.62. The molecule has 1 aliphatic heterocycles. The molecule has 1 heterocycles. The molecule has 0 unspecified atom stereocenters. The van der Waals surface area contributed by atoms with Crippen molar-refractivity contribution >= 4 is 15.2 Å². The second-order valence-corrected chi connectivity index (χ2v) is 8.69. The first-order valence-corrected chi connectivity index (χ1v) is 8.89. The largest absolute Gasteiger partial charge is 0.429 e. The Morgan fingerprint density at radius 2 is 1.93 bits per heavy atom. The van der Waals surface area contributed by atoms with Gasteiger partial charge in [0.2, 0.25) is 8.32 Å². The van der Waals surface area contributed by atoms with Crippen LogP contribution in [0.15, 0.2) is 10.7 Å². The van der Waals surface area contributed by atoms with Gasteiger partial charge in [0, 0.05) is 0 Å². The Labute approximate surface area is 95.3 Å². The number of hydrogen-bond acceptors (Lipinski definition) is 2. The van der Waals surface area contributed by atoms with Crippen molar-refractivity contribution in [1.82, 2.24) is 0 Å². The predicted octanol–water partition coefficient (Wildman–Crippen LogP) is 3.05. The van der Waals surface area contributed by atoms with E-state index in [0.29, 0.717) is 6.92 Å². The third-order valence-corrected chi connectivity index (χ3v) is 6.44. The van der Waals surface area contributed by atoms with Crippen LogP contribution in [0.25, 0.3) is 0 Å². The van der Waals surface area contributed by atoms with Crippen LogP contribution < -0.4 is 0 Å².